The van der Waals surface area contributed by atoms with Crippen LogP contribution < -0.4 is 0 Å². The van der Waals surface area contributed by atoms with E-state index in [0.29, 0.717) is 36.5 Å². The van der Waals surface area contributed by atoms with Gasteiger partial charge in [-0.05, 0) is 55.4 Å². The van der Waals surface area contributed by atoms with Crippen LogP contribution in [0.25, 0.3) is 22.5 Å². The van der Waals surface area contributed by atoms with Crippen molar-refractivity contribution in [1.82, 2.24) is 5.16 Å². The van der Waals surface area contributed by atoms with E-state index in [1.54, 1.807) is 0 Å². The molecule has 0 radical (unpaired) electrons. The van der Waals surface area contributed by atoms with E-state index >= 15 is 0 Å². The van der Waals surface area contributed by atoms with Gasteiger partial charge in [-0.15, -0.1) is 0 Å². The molecule has 5 rings (SSSR count). The summed E-state index contributed by atoms with van der Waals surface area (Å²) in [5.41, 5.74) is 5.75. The minimum absolute atomic E-state index is 0.0304. The van der Waals surface area contributed by atoms with Crippen LogP contribution in [0.5, 0.6) is 0 Å². The van der Waals surface area contributed by atoms with Crippen LogP contribution in [0, 0.1) is 6.92 Å². The van der Waals surface area contributed by atoms with Crippen molar-refractivity contribution >= 4 is 11.8 Å². The molecule has 5 heteroatoms. The Hall–Kier alpha value is -3.99. The van der Waals surface area contributed by atoms with E-state index in [9.17, 15) is 9.59 Å². The molecule has 182 valence electrons. The molecular weight excluding hydrogens is 450 g/mol. The van der Waals surface area contributed by atoms with Gasteiger partial charge in [0, 0.05) is 12.0 Å². The quantitative estimate of drug-likeness (QED) is 0.197. The molecular formula is C31H29NO4. The van der Waals surface area contributed by atoms with Gasteiger partial charge in [-0.3, -0.25) is 9.59 Å². The van der Waals surface area contributed by atoms with Crippen LogP contribution in [-0.4, -0.2) is 23.5 Å². The van der Waals surface area contributed by atoms with E-state index in [0.717, 1.165) is 40.7 Å². The lowest BCUT2D eigenvalue weighted by Gasteiger charge is -2.14. The number of aryl methyl sites for hydroxylation is 2. The number of esters is 1. The van der Waals surface area contributed by atoms with Crippen LogP contribution in [0.3, 0.4) is 0 Å². The second kappa shape index (κ2) is 9.94. The molecule has 1 fully saturated rings. The SMILES string of the molecule is CCOC(=O)C1(c2ccc(-c3ccc(-c4onc(C)c4C(=O)CCc4ccccc4)cc3)cc2)CC1. The number of hydrogen-bond acceptors (Lipinski definition) is 5. The molecule has 0 saturated heterocycles. The van der Waals surface area contributed by atoms with E-state index < -0.39 is 5.41 Å². The average Bonchev–Trinajstić information content (AvgIpc) is 3.64. The normalized spacial score (nSPS) is 13.8. The number of rotatable bonds is 9. The topological polar surface area (TPSA) is 69.4 Å². The summed E-state index contributed by atoms with van der Waals surface area (Å²) in [7, 11) is 0. The Morgan fingerprint density at radius 2 is 1.50 bits per heavy atom. The second-order valence-electron chi connectivity index (χ2n) is 9.34. The van der Waals surface area contributed by atoms with Crippen molar-refractivity contribution < 1.29 is 18.8 Å². The van der Waals surface area contributed by atoms with Crippen LogP contribution in [0.1, 0.15) is 53.4 Å². The summed E-state index contributed by atoms with van der Waals surface area (Å²) in [5.74, 6) is 0.416. The molecule has 5 nitrogen and oxygen atoms in total. The molecule has 0 unspecified atom stereocenters. The molecule has 0 amide bonds. The standard InChI is InChI=1S/C31H29NO4/c1-3-35-30(34)31(19-20-31)26-16-14-24(15-17-26)23-10-12-25(13-11-23)29-28(21(2)32-36-29)27(33)18-9-22-7-5-4-6-8-22/h4-8,10-17H,3,9,18-20H2,1-2H3. The average molecular weight is 480 g/mol. The third-order valence-corrected chi connectivity index (χ3v) is 6.96. The summed E-state index contributed by atoms with van der Waals surface area (Å²) in [6.07, 6.45) is 2.75. The van der Waals surface area contributed by atoms with Gasteiger partial charge in [0.1, 0.15) is 0 Å². The zero-order chi connectivity index (χ0) is 25.1. The van der Waals surface area contributed by atoms with E-state index in [1.807, 2.05) is 92.7 Å². The highest BCUT2D eigenvalue weighted by molar-refractivity contribution is 6.02. The van der Waals surface area contributed by atoms with Crippen molar-refractivity contribution in [3.63, 3.8) is 0 Å². The van der Waals surface area contributed by atoms with Crippen LogP contribution in [0.15, 0.2) is 83.4 Å². The van der Waals surface area contributed by atoms with Gasteiger partial charge >= 0.3 is 5.97 Å². The molecule has 0 atom stereocenters. The minimum Gasteiger partial charge on any atom is -0.465 e. The lowest BCUT2D eigenvalue weighted by atomic mass is 9.93. The Balaban J connectivity index is 1.32. The molecule has 1 aliphatic rings. The van der Waals surface area contributed by atoms with Crippen molar-refractivity contribution in [1.29, 1.82) is 0 Å². The van der Waals surface area contributed by atoms with Crippen LogP contribution in [0.4, 0.5) is 0 Å². The third kappa shape index (κ3) is 4.61. The molecule has 0 N–H and O–H groups in total. The first-order chi connectivity index (χ1) is 17.5. The Kier molecular flexibility index (Phi) is 6.55. The monoisotopic (exact) mass is 479 g/mol. The van der Waals surface area contributed by atoms with Gasteiger partial charge in [0.25, 0.3) is 0 Å². The smallest absolute Gasteiger partial charge is 0.316 e. The Morgan fingerprint density at radius 1 is 0.889 bits per heavy atom. The van der Waals surface area contributed by atoms with E-state index in [2.05, 4.69) is 5.16 Å². The Morgan fingerprint density at radius 3 is 2.11 bits per heavy atom. The summed E-state index contributed by atoms with van der Waals surface area (Å²) in [4.78, 5) is 25.4. The van der Waals surface area contributed by atoms with E-state index in [-0.39, 0.29) is 11.8 Å². The number of carbonyl (C=O) groups excluding carboxylic acids is 2. The van der Waals surface area contributed by atoms with E-state index in [1.165, 1.54) is 0 Å². The first-order valence-corrected chi connectivity index (χ1v) is 12.4. The van der Waals surface area contributed by atoms with Crippen molar-refractivity contribution in [2.24, 2.45) is 0 Å². The predicted molar refractivity (Wildman–Crippen MR) is 139 cm³/mol. The second-order valence-corrected chi connectivity index (χ2v) is 9.34. The van der Waals surface area contributed by atoms with Gasteiger partial charge in [-0.2, -0.15) is 0 Å². The van der Waals surface area contributed by atoms with Gasteiger partial charge in [0.2, 0.25) is 0 Å². The van der Waals surface area contributed by atoms with Gasteiger partial charge < -0.3 is 9.26 Å². The van der Waals surface area contributed by atoms with Crippen molar-refractivity contribution in [2.75, 3.05) is 6.61 Å². The van der Waals surface area contributed by atoms with Gasteiger partial charge in [-0.1, -0.05) is 84.0 Å². The summed E-state index contributed by atoms with van der Waals surface area (Å²) < 4.78 is 10.9. The number of aromatic nitrogens is 1. The van der Waals surface area contributed by atoms with Crippen LogP contribution >= 0.6 is 0 Å². The lowest BCUT2D eigenvalue weighted by molar-refractivity contribution is -0.146. The van der Waals surface area contributed by atoms with Gasteiger partial charge in [0.15, 0.2) is 11.5 Å². The first kappa shape index (κ1) is 23.7. The largest absolute Gasteiger partial charge is 0.465 e. The summed E-state index contributed by atoms with van der Waals surface area (Å²) in [6.45, 7) is 4.04. The molecule has 4 aromatic rings. The Labute approximate surface area is 211 Å². The number of nitrogens with zero attached hydrogens (tertiary/aromatic N) is 1. The highest BCUT2D eigenvalue weighted by atomic mass is 16.5. The molecule has 1 aromatic heterocycles. The minimum atomic E-state index is -0.466. The number of Topliss-reactive ketones (excluding diaryl/α,β-unsaturated/α-hetero) is 1. The van der Waals surface area contributed by atoms with Crippen molar-refractivity contribution in [3.8, 4) is 22.5 Å². The number of carbonyl (C=O) groups is 2. The molecule has 0 spiro atoms. The zero-order valence-electron chi connectivity index (χ0n) is 20.6. The highest BCUT2D eigenvalue weighted by Crippen LogP contribution is 2.49. The van der Waals surface area contributed by atoms with Crippen molar-refractivity contribution in [2.45, 2.75) is 44.9 Å². The first-order valence-electron chi connectivity index (χ1n) is 12.4. The fraction of sp³-hybridized carbons (Fsp3) is 0.258. The highest BCUT2D eigenvalue weighted by Gasteiger charge is 2.52. The number of benzene rings is 3. The lowest BCUT2D eigenvalue weighted by Crippen LogP contribution is -2.23. The van der Waals surface area contributed by atoms with E-state index in [4.69, 9.17) is 9.26 Å². The Bertz CT molecular complexity index is 1360. The fourth-order valence-electron chi connectivity index (χ4n) is 4.72. The molecule has 1 aliphatic carbocycles. The maximum absolute atomic E-state index is 13.1. The summed E-state index contributed by atoms with van der Waals surface area (Å²) in [5, 5.41) is 4.08. The zero-order valence-corrected chi connectivity index (χ0v) is 20.6. The third-order valence-electron chi connectivity index (χ3n) is 6.96. The fourth-order valence-corrected chi connectivity index (χ4v) is 4.72. The molecule has 0 bridgehead atoms. The predicted octanol–water partition coefficient (Wildman–Crippen LogP) is 6.73. The molecule has 1 saturated carbocycles. The summed E-state index contributed by atoms with van der Waals surface area (Å²) in [6, 6.07) is 26.1. The maximum Gasteiger partial charge on any atom is 0.316 e. The van der Waals surface area contributed by atoms with Gasteiger partial charge in [0.05, 0.1) is 23.3 Å². The maximum atomic E-state index is 13.1. The van der Waals surface area contributed by atoms with Crippen molar-refractivity contribution in [3.05, 3.63) is 101 Å². The van der Waals surface area contributed by atoms with Crippen LogP contribution in [-0.2, 0) is 21.4 Å². The van der Waals surface area contributed by atoms with Crippen LogP contribution in [0.2, 0.25) is 0 Å². The number of ketones is 1. The molecule has 0 aliphatic heterocycles. The van der Waals surface area contributed by atoms with Gasteiger partial charge in [-0.25, -0.2) is 0 Å². The summed E-state index contributed by atoms with van der Waals surface area (Å²) >= 11 is 0. The molecule has 3 aromatic carbocycles. The number of ether oxygens (including phenoxy) is 1. The molecule has 1 heterocycles. The molecule has 36 heavy (non-hydrogen) atoms. The number of hydrogen-bond donors (Lipinski definition) is 0.